The van der Waals surface area contributed by atoms with Crippen molar-refractivity contribution in [2.45, 2.75) is 59.3 Å². The minimum atomic E-state index is -0.175. The largest absolute Gasteiger partial charge is 0.481 e. The van der Waals surface area contributed by atoms with Gasteiger partial charge in [-0.2, -0.15) is 0 Å². The molecule has 0 amide bonds. The van der Waals surface area contributed by atoms with Crippen LogP contribution < -0.4 is 9.30 Å². The second-order valence-electron chi connectivity index (χ2n) is 9.65. The monoisotopic (exact) mass is 513 g/mol. The lowest BCUT2D eigenvalue weighted by molar-refractivity contribution is -0.655. The third-order valence-electron chi connectivity index (χ3n) is 6.95. The number of aryl methyl sites for hydroxylation is 1. The molecule has 33 heavy (non-hydrogen) atoms. The van der Waals surface area contributed by atoms with Crippen LogP contribution in [-0.2, 0) is 29.7 Å². The Bertz CT molecular complexity index is 1110. The predicted molar refractivity (Wildman–Crippen MR) is 133 cm³/mol. The van der Waals surface area contributed by atoms with Crippen molar-refractivity contribution in [1.82, 2.24) is 4.57 Å². The molecule has 1 aliphatic carbocycles. The molecule has 3 aromatic rings. The molecule has 1 aromatic heterocycles. The van der Waals surface area contributed by atoms with E-state index in [4.69, 9.17) is 9.47 Å². The number of ether oxygens (including phenoxy) is 2. The molecular weight excluding hydrogens is 480 g/mol. The van der Waals surface area contributed by atoms with E-state index in [9.17, 15) is 4.79 Å². The van der Waals surface area contributed by atoms with Crippen LogP contribution in [0.25, 0.3) is 11.0 Å². The van der Waals surface area contributed by atoms with E-state index in [2.05, 4.69) is 47.3 Å². The minimum Gasteiger partial charge on any atom is -0.481 e. The highest BCUT2D eigenvalue weighted by atomic mass is 79.9. The molecule has 0 bridgehead atoms. The molecule has 176 valence electrons. The first-order valence-corrected chi connectivity index (χ1v) is 12.7. The van der Waals surface area contributed by atoms with Crippen LogP contribution in [0.2, 0.25) is 0 Å². The molecule has 1 saturated carbocycles. The number of carbonyl (C=O) groups excluding carboxylic acids is 1. The van der Waals surface area contributed by atoms with Gasteiger partial charge < -0.3 is 9.47 Å². The van der Waals surface area contributed by atoms with E-state index in [1.54, 1.807) is 0 Å². The van der Waals surface area contributed by atoms with Gasteiger partial charge in [0.05, 0.1) is 7.05 Å². The van der Waals surface area contributed by atoms with Gasteiger partial charge in [0, 0.05) is 4.47 Å². The average Bonchev–Trinajstić information content (AvgIpc) is 3.04. The van der Waals surface area contributed by atoms with E-state index in [1.807, 2.05) is 54.1 Å². The van der Waals surface area contributed by atoms with Crippen molar-refractivity contribution in [3.8, 4) is 5.75 Å². The van der Waals surface area contributed by atoms with Crippen LogP contribution in [0.4, 0.5) is 0 Å². The Balaban J connectivity index is 1.56. The number of para-hydroxylation sites is 2. The van der Waals surface area contributed by atoms with Crippen molar-refractivity contribution in [2.24, 2.45) is 24.8 Å². The van der Waals surface area contributed by atoms with Gasteiger partial charge in [-0.15, -0.1) is 0 Å². The fourth-order valence-corrected chi connectivity index (χ4v) is 5.31. The fraction of sp³-hybridized carbons (Fsp3) is 0.481. The van der Waals surface area contributed by atoms with Crippen molar-refractivity contribution < 1.29 is 18.8 Å². The molecule has 0 spiro atoms. The topological polar surface area (TPSA) is 44.3 Å². The molecule has 1 heterocycles. The highest BCUT2D eigenvalue weighted by Crippen LogP contribution is 2.35. The molecule has 1 fully saturated rings. The Morgan fingerprint density at radius 2 is 1.88 bits per heavy atom. The lowest BCUT2D eigenvalue weighted by Gasteiger charge is -2.36. The van der Waals surface area contributed by atoms with E-state index >= 15 is 0 Å². The Morgan fingerprint density at radius 1 is 1.15 bits per heavy atom. The van der Waals surface area contributed by atoms with Gasteiger partial charge in [-0.3, -0.25) is 0 Å². The van der Waals surface area contributed by atoms with E-state index in [0.29, 0.717) is 24.4 Å². The van der Waals surface area contributed by atoms with Crippen LogP contribution in [-0.4, -0.2) is 16.6 Å². The number of benzene rings is 2. The van der Waals surface area contributed by atoms with Crippen molar-refractivity contribution in [3.63, 3.8) is 0 Å². The van der Waals surface area contributed by atoms with E-state index in [-0.39, 0.29) is 18.6 Å². The number of halogens is 1. The number of rotatable bonds is 7. The highest BCUT2D eigenvalue weighted by Gasteiger charge is 2.34. The SMILES string of the molecule is CC1CCC(C(C)C)C(OC(=O)Cn2c(COc3ccc(Br)cc3)[n+](C)c3ccccc32)C1. The first kappa shape index (κ1) is 23.8. The number of nitrogens with zero attached hydrogens (tertiary/aromatic N) is 2. The van der Waals surface area contributed by atoms with Gasteiger partial charge in [0.15, 0.2) is 24.2 Å². The molecule has 4 rings (SSSR count). The van der Waals surface area contributed by atoms with Gasteiger partial charge in [-0.05, 0) is 67.0 Å². The van der Waals surface area contributed by atoms with Crippen LogP contribution in [0.5, 0.6) is 5.75 Å². The number of carbonyl (C=O) groups is 1. The molecule has 1 aliphatic rings. The molecule has 3 atom stereocenters. The summed E-state index contributed by atoms with van der Waals surface area (Å²) in [4.78, 5) is 13.2. The normalized spacial score (nSPS) is 20.8. The summed E-state index contributed by atoms with van der Waals surface area (Å²) in [7, 11) is 2.02. The molecule has 0 radical (unpaired) electrons. The Labute approximate surface area is 204 Å². The molecule has 3 unspecified atom stereocenters. The zero-order valence-electron chi connectivity index (χ0n) is 20.0. The maximum atomic E-state index is 13.2. The number of aromatic nitrogens is 2. The molecule has 2 aromatic carbocycles. The second kappa shape index (κ2) is 10.3. The Morgan fingerprint density at radius 3 is 2.61 bits per heavy atom. The smallest absolute Gasteiger partial charge is 0.348 e. The molecule has 5 nitrogen and oxygen atoms in total. The van der Waals surface area contributed by atoms with Gasteiger partial charge >= 0.3 is 5.97 Å². The van der Waals surface area contributed by atoms with Crippen molar-refractivity contribution in [3.05, 3.63) is 58.8 Å². The summed E-state index contributed by atoms with van der Waals surface area (Å²) in [6.45, 7) is 7.26. The number of fused-ring (bicyclic) bond motifs is 1. The van der Waals surface area contributed by atoms with Crippen LogP contribution in [0, 0.1) is 17.8 Å². The lowest BCUT2D eigenvalue weighted by atomic mass is 9.75. The Kier molecular flexibility index (Phi) is 7.42. The summed E-state index contributed by atoms with van der Waals surface area (Å²) in [6, 6.07) is 15.9. The second-order valence-corrected chi connectivity index (χ2v) is 10.6. The number of esters is 1. The van der Waals surface area contributed by atoms with E-state index in [0.717, 1.165) is 39.9 Å². The fourth-order valence-electron chi connectivity index (χ4n) is 5.05. The molecular formula is C27H34BrN2O3+. The third-order valence-corrected chi connectivity index (χ3v) is 7.47. The summed E-state index contributed by atoms with van der Waals surface area (Å²) in [5.41, 5.74) is 2.06. The van der Waals surface area contributed by atoms with Gasteiger partial charge in [-0.1, -0.05) is 55.3 Å². The van der Waals surface area contributed by atoms with Crippen LogP contribution in [0.3, 0.4) is 0 Å². The van der Waals surface area contributed by atoms with Crippen LogP contribution in [0.1, 0.15) is 45.9 Å². The molecule has 6 heteroatoms. The first-order valence-electron chi connectivity index (χ1n) is 11.9. The van der Waals surface area contributed by atoms with Gasteiger partial charge in [0.1, 0.15) is 11.9 Å². The summed E-state index contributed by atoms with van der Waals surface area (Å²) in [5.74, 6) is 3.07. The molecule has 0 aliphatic heterocycles. The van der Waals surface area contributed by atoms with Gasteiger partial charge in [0.2, 0.25) is 0 Å². The van der Waals surface area contributed by atoms with Gasteiger partial charge in [-0.25, -0.2) is 13.9 Å². The summed E-state index contributed by atoms with van der Waals surface area (Å²) in [6.07, 6.45) is 3.30. The highest BCUT2D eigenvalue weighted by molar-refractivity contribution is 9.10. The summed E-state index contributed by atoms with van der Waals surface area (Å²) < 4.78 is 17.3. The minimum absolute atomic E-state index is 0.000656. The van der Waals surface area contributed by atoms with Crippen molar-refractivity contribution in [1.29, 1.82) is 0 Å². The first-order chi connectivity index (χ1) is 15.8. The predicted octanol–water partition coefficient (Wildman–Crippen LogP) is 5.81. The van der Waals surface area contributed by atoms with E-state index < -0.39 is 0 Å². The maximum Gasteiger partial charge on any atom is 0.348 e. The number of hydrogen-bond donors (Lipinski definition) is 0. The Hall–Kier alpha value is -2.34. The summed E-state index contributed by atoms with van der Waals surface area (Å²) >= 11 is 3.46. The lowest BCUT2D eigenvalue weighted by Crippen LogP contribution is -2.37. The van der Waals surface area contributed by atoms with Crippen molar-refractivity contribution >= 4 is 32.9 Å². The summed E-state index contributed by atoms with van der Waals surface area (Å²) in [5, 5.41) is 0. The van der Waals surface area contributed by atoms with Crippen LogP contribution >= 0.6 is 15.9 Å². The number of imidazole rings is 1. The van der Waals surface area contributed by atoms with Crippen molar-refractivity contribution in [2.75, 3.05) is 0 Å². The molecule has 0 saturated heterocycles. The third kappa shape index (κ3) is 5.43. The number of hydrogen-bond acceptors (Lipinski definition) is 3. The van der Waals surface area contributed by atoms with Crippen LogP contribution in [0.15, 0.2) is 53.0 Å². The maximum absolute atomic E-state index is 13.2. The van der Waals surface area contributed by atoms with Gasteiger partial charge in [0.25, 0.3) is 5.82 Å². The van der Waals surface area contributed by atoms with E-state index in [1.165, 1.54) is 6.42 Å². The standard InChI is InChI=1S/C27H34BrN2O3/c1-18(2)22-14-9-19(3)15-25(22)33-27(31)16-30-24-8-6-5-7-23(24)29(4)26(30)17-32-21-12-10-20(28)11-13-21/h5-8,10-13,18-19,22,25H,9,14-17H2,1-4H3/q+1. The average molecular weight is 514 g/mol. The zero-order valence-corrected chi connectivity index (χ0v) is 21.5. The zero-order chi connectivity index (χ0) is 23.5. The quantitative estimate of drug-likeness (QED) is 0.295. The molecule has 0 N–H and O–H groups in total.